The maximum atomic E-state index is 12.0. The number of fused-ring (bicyclic) bond motifs is 1. The van der Waals surface area contributed by atoms with Gasteiger partial charge in [-0.15, -0.1) is 0 Å². The van der Waals surface area contributed by atoms with Gasteiger partial charge in [-0.3, -0.25) is 4.79 Å². The third-order valence-corrected chi connectivity index (χ3v) is 5.04. The van der Waals surface area contributed by atoms with Crippen LogP contribution in [0.1, 0.15) is 76.3 Å². The summed E-state index contributed by atoms with van der Waals surface area (Å²) in [6, 6.07) is 3.93. The minimum absolute atomic E-state index is 0.169. The van der Waals surface area contributed by atoms with Crippen molar-refractivity contribution in [1.82, 2.24) is 4.90 Å². The molecule has 5 heteroatoms. The van der Waals surface area contributed by atoms with Crippen LogP contribution in [0.5, 0.6) is 0 Å². The number of carboxylic acid groups (broad SMARTS) is 1. The fourth-order valence-corrected chi connectivity index (χ4v) is 3.98. The highest BCUT2D eigenvalue weighted by Gasteiger charge is 2.39. The van der Waals surface area contributed by atoms with Crippen LogP contribution >= 0.6 is 0 Å². The van der Waals surface area contributed by atoms with E-state index in [1.54, 1.807) is 4.90 Å². The second-order valence-corrected chi connectivity index (χ2v) is 9.50. The highest BCUT2D eigenvalue weighted by atomic mass is 16.6. The van der Waals surface area contributed by atoms with E-state index in [1.807, 2.05) is 26.8 Å². The molecule has 2 rings (SSSR count). The summed E-state index contributed by atoms with van der Waals surface area (Å²) in [5.74, 6) is -0.191. The molecule has 1 heterocycles. The standard InChI is InChI=1S/C22H33NO4/c1-14-15(9-11-18(24)27-22(5,6)7)8-10-17-16(14)12-13-23(20(25)26)19(17)21(2,3)4/h8,10,19H,9,11-13H2,1-7H3,(H,25,26). The van der Waals surface area contributed by atoms with Crippen molar-refractivity contribution in [2.45, 2.75) is 79.4 Å². The quantitative estimate of drug-likeness (QED) is 0.764. The van der Waals surface area contributed by atoms with Crippen LogP contribution < -0.4 is 0 Å². The first-order chi connectivity index (χ1) is 12.3. The smallest absolute Gasteiger partial charge is 0.407 e. The number of benzene rings is 1. The molecule has 1 aromatic carbocycles. The first kappa shape index (κ1) is 21.3. The zero-order valence-corrected chi connectivity index (χ0v) is 17.7. The highest BCUT2D eigenvalue weighted by Crippen LogP contribution is 2.43. The number of hydrogen-bond donors (Lipinski definition) is 1. The van der Waals surface area contributed by atoms with Crippen molar-refractivity contribution in [1.29, 1.82) is 0 Å². The molecule has 27 heavy (non-hydrogen) atoms. The van der Waals surface area contributed by atoms with E-state index < -0.39 is 11.7 Å². The molecule has 0 saturated carbocycles. The summed E-state index contributed by atoms with van der Waals surface area (Å²) in [6.45, 7) is 14.4. The Kier molecular flexibility index (Phi) is 5.93. The number of amides is 1. The zero-order chi connectivity index (χ0) is 20.6. The van der Waals surface area contributed by atoms with Gasteiger partial charge in [0.2, 0.25) is 0 Å². The van der Waals surface area contributed by atoms with Gasteiger partial charge in [0.1, 0.15) is 5.60 Å². The van der Waals surface area contributed by atoms with Crippen LogP contribution in [0.4, 0.5) is 4.79 Å². The van der Waals surface area contributed by atoms with Crippen molar-refractivity contribution in [3.05, 3.63) is 34.4 Å². The highest BCUT2D eigenvalue weighted by molar-refractivity contribution is 5.70. The van der Waals surface area contributed by atoms with E-state index in [1.165, 1.54) is 11.1 Å². The van der Waals surface area contributed by atoms with Crippen LogP contribution in [0, 0.1) is 12.3 Å². The molecule has 0 fully saturated rings. The number of esters is 1. The monoisotopic (exact) mass is 375 g/mol. The maximum Gasteiger partial charge on any atom is 0.407 e. The molecule has 0 radical (unpaired) electrons. The Labute approximate surface area is 162 Å². The van der Waals surface area contributed by atoms with E-state index in [0.717, 1.165) is 11.1 Å². The third-order valence-electron chi connectivity index (χ3n) is 5.04. The lowest BCUT2D eigenvalue weighted by Gasteiger charge is -2.43. The Morgan fingerprint density at radius 3 is 2.33 bits per heavy atom. The van der Waals surface area contributed by atoms with Crippen molar-refractivity contribution in [3.8, 4) is 0 Å². The van der Waals surface area contributed by atoms with E-state index in [2.05, 4.69) is 33.8 Å². The molecule has 1 atom stereocenters. The third kappa shape index (κ3) is 5.02. The zero-order valence-electron chi connectivity index (χ0n) is 17.7. The molecular weight excluding hydrogens is 342 g/mol. The topological polar surface area (TPSA) is 66.8 Å². The van der Waals surface area contributed by atoms with Crippen LogP contribution in [0.3, 0.4) is 0 Å². The van der Waals surface area contributed by atoms with E-state index in [4.69, 9.17) is 4.74 Å². The van der Waals surface area contributed by atoms with Crippen LogP contribution in [0.2, 0.25) is 0 Å². The average Bonchev–Trinajstić information content (AvgIpc) is 2.50. The second-order valence-electron chi connectivity index (χ2n) is 9.50. The fourth-order valence-electron chi connectivity index (χ4n) is 3.98. The largest absolute Gasteiger partial charge is 0.465 e. The van der Waals surface area contributed by atoms with Crippen LogP contribution in [0.15, 0.2) is 12.1 Å². The van der Waals surface area contributed by atoms with Gasteiger partial charge in [-0.05, 0) is 68.2 Å². The molecule has 1 amide bonds. The van der Waals surface area contributed by atoms with Gasteiger partial charge in [-0.1, -0.05) is 32.9 Å². The Bertz CT molecular complexity index is 725. The normalized spacial score (nSPS) is 17.4. The summed E-state index contributed by atoms with van der Waals surface area (Å²) in [4.78, 5) is 25.3. The van der Waals surface area contributed by atoms with Crippen molar-refractivity contribution in [3.63, 3.8) is 0 Å². The maximum absolute atomic E-state index is 12.0. The average molecular weight is 376 g/mol. The second kappa shape index (κ2) is 7.53. The number of carbonyl (C=O) groups is 2. The van der Waals surface area contributed by atoms with Gasteiger partial charge in [-0.2, -0.15) is 0 Å². The molecule has 150 valence electrons. The van der Waals surface area contributed by atoms with Crippen molar-refractivity contribution in [2.24, 2.45) is 5.41 Å². The minimum Gasteiger partial charge on any atom is -0.465 e. The predicted molar refractivity (Wildman–Crippen MR) is 106 cm³/mol. The van der Waals surface area contributed by atoms with Crippen LogP contribution in [-0.2, 0) is 22.4 Å². The minimum atomic E-state index is -0.868. The summed E-state index contributed by atoms with van der Waals surface area (Å²) in [6.07, 6.45) is 0.824. The molecule has 0 aromatic heterocycles. The predicted octanol–water partition coefficient (Wildman–Crippen LogP) is 4.89. The Morgan fingerprint density at radius 1 is 1.19 bits per heavy atom. The van der Waals surface area contributed by atoms with E-state index in [9.17, 15) is 14.7 Å². The molecule has 0 spiro atoms. The molecular formula is C22H33NO4. The molecule has 1 unspecified atom stereocenters. The fraction of sp³-hybridized carbons (Fsp3) is 0.636. The number of nitrogens with zero attached hydrogens (tertiary/aromatic N) is 1. The SMILES string of the molecule is Cc1c(CCC(=O)OC(C)(C)C)ccc2c1CCN(C(=O)O)C2C(C)(C)C. The van der Waals surface area contributed by atoms with Gasteiger partial charge in [0, 0.05) is 13.0 Å². The molecule has 5 nitrogen and oxygen atoms in total. The molecule has 1 aliphatic heterocycles. The number of hydrogen-bond acceptors (Lipinski definition) is 3. The summed E-state index contributed by atoms with van der Waals surface area (Å²) < 4.78 is 5.40. The molecule has 1 N–H and O–H groups in total. The first-order valence-corrected chi connectivity index (χ1v) is 9.64. The van der Waals surface area contributed by atoms with Crippen molar-refractivity contribution in [2.75, 3.05) is 6.54 Å². The molecule has 0 saturated heterocycles. The summed E-state index contributed by atoms with van der Waals surface area (Å²) in [5.41, 5.74) is 3.97. The number of rotatable bonds is 3. The lowest BCUT2D eigenvalue weighted by molar-refractivity contribution is -0.154. The van der Waals surface area contributed by atoms with E-state index >= 15 is 0 Å². The van der Waals surface area contributed by atoms with Crippen LogP contribution in [0.25, 0.3) is 0 Å². The molecule has 1 aromatic rings. The van der Waals surface area contributed by atoms with Gasteiger partial charge in [0.15, 0.2) is 0 Å². The van der Waals surface area contributed by atoms with Gasteiger partial charge in [-0.25, -0.2) is 4.79 Å². The summed E-state index contributed by atoms with van der Waals surface area (Å²) >= 11 is 0. The number of aryl methyl sites for hydroxylation is 1. The Morgan fingerprint density at radius 2 is 1.81 bits per heavy atom. The molecule has 1 aliphatic rings. The molecule has 0 aliphatic carbocycles. The van der Waals surface area contributed by atoms with Gasteiger partial charge in [0.05, 0.1) is 6.04 Å². The first-order valence-electron chi connectivity index (χ1n) is 9.64. The number of carbonyl (C=O) groups excluding carboxylic acids is 1. The Hall–Kier alpha value is -2.04. The van der Waals surface area contributed by atoms with Crippen molar-refractivity contribution >= 4 is 12.1 Å². The van der Waals surface area contributed by atoms with Gasteiger partial charge >= 0.3 is 12.1 Å². The van der Waals surface area contributed by atoms with E-state index in [0.29, 0.717) is 25.8 Å². The number of ether oxygens (including phenoxy) is 1. The lowest BCUT2D eigenvalue weighted by Crippen LogP contribution is -2.45. The van der Waals surface area contributed by atoms with Gasteiger partial charge < -0.3 is 14.7 Å². The molecule has 0 bridgehead atoms. The lowest BCUT2D eigenvalue weighted by atomic mass is 9.75. The summed E-state index contributed by atoms with van der Waals surface area (Å²) in [7, 11) is 0. The van der Waals surface area contributed by atoms with E-state index in [-0.39, 0.29) is 17.4 Å². The van der Waals surface area contributed by atoms with Crippen LogP contribution in [-0.4, -0.2) is 34.2 Å². The van der Waals surface area contributed by atoms with Crippen molar-refractivity contribution < 1.29 is 19.4 Å². The van der Waals surface area contributed by atoms with Gasteiger partial charge in [0.25, 0.3) is 0 Å². The summed E-state index contributed by atoms with van der Waals surface area (Å²) in [5, 5.41) is 9.63. The Balaban J connectivity index is 2.28.